The third-order valence-corrected chi connectivity index (χ3v) is 22.4. The molecule has 0 amide bonds. The van der Waals surface area contributed by atoms with Gasteiger partial charge < -0.3 is 13.7 Å². The average Bonchev–Trinajstić information content (AvgIpc) is 1.62. The molecule has 2 heterocycles. The Labute approximate surface area is 522 Å². The number of para-hydroxylation sites is 4. The zero-order chi connectivity index (χ0) is 60.9. The van der Waals surface area contributed by atoms with Gasteiger partial charge in [-0.2, -0.15) is 0 Å². The molecule has 1 atom stereocenters. The van der Waals surface area contributed by atoms with Crippen LogP contribution in [0.1, 0.15) is 134 Å². The van der Waals surface area contributed by atoms with Crippen LogP contribution in [0, 0.1) is 27.7 Å². The highest BCUT2D eigenvalue weighted by molar-refractivity contribution is 6.15. The van der Waals surface area contributed by atoms with Crippen molar-refractivity contribution in [3.63, 3.8) is 0 Å². The van der Waals surface area contributed by atoms with Crippen molar-refractivity contribution in [1.29, 1.82) is 0 Å². The van der Waals surface area contributed by atoms with E-state index in [4.69, 9.17) is 8.83 Å². The van der Waals surface area contributed by atoms with Gasteiger partial charge in [-0.15, -0.1) is 0 Å². The molecule has 0 spiro atoms. The molecule has 3 nitrogen and oxygen atoms in total. The van der Waals surface area contributed by atoms with E-state index in [0.717, 1.165) is 62.0 Å². The molecule has 0 saturated heterocycles. The molecule has 17 rings (SSSR count). The second kappa shape index (κ2) is 18.6. The molecular weight excluding hydrogens is 1080 g/mol. The van der Waals surface area contributed by atoms with Gasteiger partial charge in [-0.3, -0.25) is 0 Å². The monoisotopic (exact) mass is 1150 g/mol. The molecule has 14 aromatic rings. The van der Waals surface area contributed by atoms with Crippen LogP contribution in [0.25, 0.3) is 98.8 Å². The lowest BCUT2D eigenvalue weighted by molar-refractivity contribution is 0.299. The van der Waals surface area contributed by atoms with E-state index in [1.54, 1.807) is 0 Å². The number of nitrogens with zero attached hydrogens (tertiary/aromatic N) is 1. The summed E-state index contributed by atoms with van der Waals surface area (Å²) in [5.74, 6) is 0.0515. The number of benzene rings is 12. The Balaban J connectivity index is 0.836. The van der Waals surface area contributed by atoms with Crippen molar-refractivity contribution >= 4 is 82.5 Å². The summed E-state index contributed by atoms with van der Waals surface area (Å²) in [6.45, 7) is 28.9. The van der Waals surface area contributed by atoms with E-state index in [1.807, 2.05) is 0 Å². The summed E-state index contributed by atoms with van der Waals surface area (Å²) in [4.78, 5) is 2.49. The molecule has 434 valence electrons. The fourth-order valence-electron chi connectivity index (χ4n) is 17.0. The van der Waals surface area contributed by atoms with Gasteiger partial charge in [-0.25, -0.2) is 0 Å². The van der Waals surface area contributed by atoms with Gasteiger partial charge in [0.2, 0.25) is 0 Å². The van der Waals surface area contributed by atoms with Crippen molar-refractivity contribution in [2.75, 3.05) is 4.90 Å². The van der Waals surface area contributed by atoms with Crippen molar-refractivity contribution in [2.24, 2.45) is 0 Å². The Bertz CT molecular complexity index is 5420. The lowest BCUT2D eigenvalue weighted by atomic mass is 9.54. The SMILES string of the molecule is Cc1ccc(C(Cc2cc3c(c4ccccc24)-c2cc4c(cc2C3(C)C)-c2cc3c(cc2C(C)(C)C4(C)C)-c2c(cc(N(c4ccc(C)cc4C)c4cccc5c4oc4ccccc45)c4ccccc24)C3(C)C)c2cccc3c2oc2ccccc23)c(C)c1. The van der Waals surface area contributed by atoms with E-state index in [2.05, 4.69) is 294 Å². The Kier molecular flexibility index (Phi) is 11.2. The number of furan rings is 2. The van der Waals surface area contributed by atoms with Crippen molar-refractivity contribution < 1.29 is 8.83 Å². The molecule has 89 heavy (non-hydrogen) atoms. The van der Waals surface area contributed by atoms with Gasteiger partial charge in [0.1, 0.15) is 16.7 Å². The lowest BCUT2D eigenvalue weighted by Gasteiger charge is -2.49. The van der Waals surface area contributed by atoms with Crippen LogP contribution in [0.3, 0.4) is 0 Å². The second-order valence-electron chi connectivity index (χ2n) is 28.6. The first kappa shape index (κ1) is 53.8. The zero-order valence-corrected chi connectivity index (χ0v) is 53.2. The summed E-state index contributed by atoms with van der Waals surface area (Å²) in [6.07, 6.45) is 0.826. The summed E-state index contributed by atoms with van der Waals surface area (Å²) in [6, 6.07) is 78.4. The fourth-order valence-corrected chi connectivity index (χ4v) is 17.0. The Morgan fingerprint density at radius 1 is 0.337 bits per heavy atom. The summed E-state index contributed by atoms with van der Waals surface area (Å²) >= 11 is 0. The number of fused-ring (bicyclic) bond motifs is 19. The van der Waals surface area contributed by atoms with E-state index >= 15 is 0 Å². The molecule has 0 radical (unpaired) electrons. The van der Waals surface area contributed by atoms with E-state index < -0.39 is 0 Å². The number of hydrogen-bond acceptors (Lipinski definition) is 3. The number of anilines is 3. The van der Waals surface area contributed by atoms with E-state index in [1.165, 1.54) is 133 Å². The number of hydrogen-bond donors (Lipinski definition) is 0. The van der Waals surface area contributed by atoms with Gasteiger partial charge in [0, 0.05) is 54.9 Å². The number of aryl methyl sites for hydroxylation is 4. The van der Waals surface area contributed by atoms with Crippen molar-refractivity contribution in [3.8, 4) is 33.4 Å². The minimum Gasteiger partial charge on any atom is -0.456 e. The van der Waals surface area contributed by atoms with E-state index in [0.29, 0.717) is 0 Å². The largest absolute Gasteiger partial charge is 0.456 e. The van der Waals surface area contributed by atoms with Crippen LogP contribution < -0.4 is 4.90 Å². The van der Waals surface area contributed by atoms with Crippen LogP contribution in [-0.2, 0) is 28.1 Å². The van der Waals surface area contributed by atoms with E-state index in [9.17, 15) is 0 Å². The molecule has 0 aliphatic heterocycles. The third-order valence-electron chi connectivity index (χ3n) is 22.4. The third kappa shape index (κ3) is 7.39. The predicted octanol–water partition coefficient (Wildman–Crippen LogP) is 23.7. The predicted molar refractivity (Wildman–Crippen MR) is 375 cm³/mol. The van der Waals surface area contributed by atoms with Crippen molar-refractivity contribution in [2.45, 2.75) is 117 Å². The van der Waals surface area contributed by atoms with Gasteiger partial charge in [0.25, 0.3) is 0 Å². The van der Waals surface area contributed by atoms with Crippen LogP contribution in [0.5, 0.6) is 0 Å². The molecule has 1 unspecified atom stereocenters. The van der Waals surface area contributed by atoms with Gasteiger partial charge in [0.15, 0.2) is 5.58 Å². The van der Waals surface area contributed by atoms with Crippen LogP contribution >= 0.6 is 0 Å². The van der Waals surface area contributed by atoms with Crippen molar-refractivity contribution in [1.82, 2.24) is 0 Å². The first-order chi connectivity index (χ1) is 42.8. The molecule has 12 aromatic carbocycles. The molecule has 0 N–H and O–H groups in total. The van der Waals surface area contributed by atoms with Gasteiger partial charge in [-0.05, 0) is 205 Å². The quantitative estimate of drug-likeness (QED) is 0.159. The van der Waals surface area contributed by atoms with Crippen LogP contribution in [0.4, 0.5) is 17.1 Å². The number of rotatable bonds is 7. The maximum Gasteiger partial charge on any atom is 0.159 e. The molecule has 3 aliphatic rings. The van der Waals surface area contributed by atoms with Crippen LogP contribution in [0.15, 0.2) is 215 Å². The first-order valence-corrected chi connectivity index (χ1v) is 32.1. The molecule has 2 aromatic heterocycles. The molecule has 0 bridgehead atoms. The molecular formula is C86H73NO2. The smallest absolute Gasteiger partial charge is 0.159 e. The Hall–Kier alpha value is -9.44. The minimum absolute atomic E-state index is 0.0515. The second-order valence-corrected chi connectivity index (χ2v) is 28.6. The fraction of sp³-hybridized carbons (Fsp3) is 0.209. The summed E-state index contributed by atoms with van der Waals surface area (Å²) in [5, 5.41) is 9.70. The maximum atomic E-state index is 6.90. The van der Waals surface area contributed by atoms with Crippen LogP contribution in [-0.4, -0.2) is 0 Å². The lowest BCUT2D eigenvalue weighted by Crippen LogP contribution is -2.43. The van der Waals surface area contributed by atoms with E-state index in [-0.39, 0.29) is 27.6 Å². The topological polar surface area (TPSA) is 29.5 Å². The molecule has 0 fully saturated rings. The van der Waals surface area contributed by atoms with Gasteiger partial charge in [-0.1, -0.05) is 218 Å². The summed E-state index contributed by atoms with van der Waals surface area (Å²) in [5.41, 5.74) is 31.4. The van der Waals surface area contributed by atoms with Gasteiger partial charge in [0.05, 0.1) is 11.4 Å². The Morgan fingerprint density at radius 2 is 0.809 bits per heavy atom. The average molecular weight is 1150 g/mol. The highest BCUT2D eigenvalue weighted by atomic mass is 16.3. The normalized spacial score (nSPS) is 15.8. The molecule has 3 heteroatoms. The molecule has 3 aliphatic carbocycles. The summed E-state index contributed by atoms with van der Waals surface area (Å²) < 4.78 is 13.8. The van der Waals surface area contributed by atoms with Crippen molar-refractivity contribution in [3.05, 3.63) is 279 Å². The maximum absolute atomic E-state index is 6.90. The standard InChI is InChI=1S/C86H73NO2/c1-48-35-37-53(50(3)39-48)63(62-30-21-29-60-56-25-17-19-33-77(56)88-81(60)62)41-52-42-72-79(58-27-15-13-23-54(52)58)66-45-70-64(43-68(66)83(72,5)6)65-44-69-67(46-71(65)86(11,12)85(70,9)10)80-59-28-16-14-24-55(59)76(47-73(80)84(69,7)8)87(74-38-36-49(2)40-51(74)4)75-32-22-31-61-57-26-18-20-34-78(57)89-82(61)75/h13-40,42-47,63H,41H2,1-12H3. The minimum atomic E-state index is -0.346. The molecule has 0 saturated carbocycles. The highest BCUT2D eigenvalue weighted by Gasteiger charge is 2.50. The highest BCUT2D eigenvalue weighted by Crippen LogP contribution is 2.63. The summed E-state index contributed by atoms with van der Waals surface area (Å²) in [7, 11) is 0. The first-order valence-electron chi connectivity index (χ1n) is 32.1. The zero-order valence-electron chi connectivity index (χ0n) is 53.2. The van der Waals surface area contributed by atoms with Crippen LogP contribution in [0.2, 0.25) is 0 Å². The van der Waals surface area contributed by atoms with Gasteiger partial charge >= 0.3 is 0 Å². The Morgan fingerprint density at radius 3 is 1.40 bits per heavy atom.